The molecule has 9 nitrogen and oxygen atoms in total. The second kappa shape index (κ2) is 9.33. The molecule has 1 aromatic heterocycles. The van der Waals surface area contributed by atoms with Crippen molar-refractivity contribution in [1.29, 1.82) is 0 Å². The molecule has 1 aromatic rings. The van der Waals surface area contributed by atoms with Crippen LogP contribution in [0.5, 0.6) is 0 Å². The van der Waals surface area contributed by atoms with E-state index in [9.17, 15) is 19.2 Å². The molecule has 0 unspecified atom stereocenters. The van der Waals surface area contributed by atoms with E-state index < -0.39 is 36.5 Å². The molecule has 24 heavy (non-hydrogen) atoms. The standard InChI is InChI=1S/C15H20N2O7/c1-4-22-15(21)16-11(18)8-24-14(20)12(9(2)3)17-13(19)10-6-5-7-23-10/h5-7,9,12H,4,8H2,1-3H3,(H,17,19)(H,16,18,21)/t12-/m0/s1. The lowest BCUT2D eigenvalue weighted by Gasteiger charge is -2.20. The van der Waals surface area contributed by atoms with Gasteiger partial charge in [-0.05, 0) is 25.0 Å². The fraction of sp³-hybridized carbons (Fsp3) is 0.467. The Hall–Kier alpha value is -2.84. The zero-order chi connectivity index (χ0) is 18.1. The number of imide groups is 1. The van der Waals surface area contributed by atoms with Crippen molar-refractivity contribution in [1.82, 2.24) is 10.6 Å². The predicted molar refractivity (Wildman–Crippen MR) is 80.9 cm³/mol. The van der Waals surface area contributed by atoms with E-state index in [1.165, 1.54) is 18.4 Å². The van der Waals surface area contributed by atoms with Crippen LogP contribution in [0.25, 0.3) is 0 Å². The van der Waals surface area contributed by atoms with Crippen LogP contribution in [-0.2, 0) is 19.1 Å². The van der Waals surface area contributed by atoms with Gasteiger partial charge in [-0.1, -0.05) is 13.8 Å². The molecule has 0 spiro atoms. The minimum Gasteiger partial charge on any atom is -0.459 e. The molecule has 0 fully saturated rings. The average Bonchev–Trinajstić information content (AvgIpc) is 3.04. The maximum absolute atomic E-state index is 12.0. The highest BCUT2D eigenvalue weighted by molar-refractivity contribution is 5.96. The van der Waals surface area contributed by atoms with Crippen LogP contribution in [0.4, 0.5) is 4.79 Å². The van der Waals surface area contributed by atoms with Crippen LogP contribution in [-0.4, -0.2) is 43.1 Å². The fourth-order valence-corrected chi connectivity index (χ4v) is 1.66. The monoisotopic (exact) mass is 340 g/mol. The van der Waals surface area contributed by atoms with Gasteiger partial charge in [-0.3, -0.25) is 14.9 Å². The topological polar surface area (TPSA) is 124 Å². The van der Waals surface area contributed by atoms with E-state index in [2.05, 4.69) is 10.1 Å². The summed E-state index contributed by atoms with van der Waals surface area (Å²) in [5.41, 5.74) is 0. The first kappa shape index (κ1) is 19.2. The van der Waals surface area contributed by atoms with Gasteiger partial charge in [0.15, 0.2) is 12.4 Å². The zero-order valence-electron chi connectivity index (χ0n) is 13.7. The molecule has 0 radical (unpaired) electrons. The zero-order valence-corrected chi connectivity index (χ0v) is 13.7. The van der Waals surface area contributed by atoms with Crippen LogP contribution in [0, 0.1) is 5.92 Å². The molecule has 1 heterocycles. The summed E-state index contributed by atoms with van der Waals surface area (Å²) in [4.78, 5) is 46.5. The molecule has 0 bridgehead atoms. The third-order valence-electron chi connectivity index (χ3n) is 2.81. The highest BCUT2D eigenvalue weighted by Gasteiger charge is 2.27. The molecule has 1 rings (SSSR count). The summed E-state index contributed by atoms with van der Waals surface area (Å²) in [5.74, 6) is -2.45. The van der Waals surface area contributed by atoms with Crippen LogP contribution in [0.1, 0.15) is 31.3 Å². The van der Waals surface area contributed by atoms with Gasteiger partial charge in [0, 0.05) is 0 Å². The SMILES string of the molecule is CCOC(=O)NC(=O)COC(=O)[C@@H](NC(=O)c1ccco1)C(C)C. The Bertz CT molecular complexity index is 581. The number of carbonyl (C=O) groups is 4. The second-order valence-corrected chi connectivity index (χ2v) is 5.05. The number of hydrogen-bond donors (Lipinski definition) is 2. The number of hydrogen-bond acceptors (Lipinski definition) is 7. The normalized spacial score (nSPS) is 11.5. The van der Waals surface area contributed by atoms with Crippen LogP contribution in [0.15, 0.2) is 22.8 Å². The van der Waals surface area contributed by atoms with E-state index in [4.69, 9.17) is 9.15 Å². The first-order valence-electron chi connectivity index (χ1n) is 7.32. The van der Waals surface area contributed by atoms with Crippen molar-refractivity contribution < 1.29 is 33.1 Å². The summed E-state index contributed by atoms with van der Waals surface area (Å²) in [6, 6.07) is 2.01. The highest BCUT2D eigenvalue weighted by atomic mass is 16.6. The molecule has 0 saturated carbocycles. The Morgan fingerprint density at radius 3 is 2.46 bits per heavy atom. The van der Waals surface area contributed by atoms with Gasteiger partial charge in [0.1, 0.15) is 6.04 Å². The predicted octanol–water partition coefficient (Wildman–Crippen LogP) is 0.850. The molecule has 132 valence electrons. The number of rotatable bonds is 7. The van der Waals surface area contributed by atoms with Gasteiger partial charge in [-0.15, -0.1) is 0 Å². The Balaban J connectivity index is 2.53. The number of nitrogens with one attached hydrogen (secondary N) is 2. The molecule has 0 aliphatic heterocycles. The Labute approximate surface area is 138 Å². The van der Waals surface area contributed by atoms with Crippen molar-refractivity contribution in [2.75, 3.05) is 13.2 Å². The number of alkyl carbamates (subject to hydrolysis) is 1. The summed E-state index contributed by atoms with van der Waals surface area (Å²) in [7, 11) is 0. The second-order valence-electron chi connectivity index (χ2n) is 5.05. The summed E-state index contributed by atoms with van der Waals surface area (Å²) in [6.07, 6.45) is 0.405. The molecule has 2 N–H and O–H groups in total. The van der Waals surface area contributed by atoms with Gasteiger partial charge in [-0.25, -0.2) is 9.59 Å². The maximum Gasteiger partial charge on any atom is 0.413 e. The van der Waals surface area contributed by atoms with E-state index >= 15 is 0 Å². The van der Waals surface area contributed by atoms with Crippen LogP contribution >= 0.6 is 0 Å². The third-order valence-corrected chi connectivity index (χ3v) is 2.81. The van der Waals surface area contributed by atoms with Gasteiger partial charge in [0.2, 0.25) is 0 Å². The number of esters is 1. The van der Waals surface area contributed by atoms with E-state index in [1.54, 1.807) is 20.8 Å². The lowest BCUT2D eigenvalue weighted by molar-refractivity contribution is -0.151. The number of carbonyl (C=O) groups excluding carboxylic acids is 4. The minimum absolute atomic E-state index is 0.0495. The summed E-state index contributed by atoms with van der Waals surface area (Å²) in [6.45, 7) is 4.42. The smallest absolute Gasteiger partial charge is 0.413 e. The van der Waals surface area contributed by atoms with Crippen molar-refractivity contribution in [2.45, 2.75) is 26.8 Å². The quantitative estimate of drug-likeness (QED) is 0.705. The molecule has 0 aromatic carbocycles. The van der Waals surface area contributed by atoms with Crippen molar-refractivity contribution in [2.24, 2.45) is 5.92 Å². The van der Waals surface area contributed by atoms with Crippen LogP contribution in [0.3, 0.4) is 0 Å². The highest BCUT2D eigenvalue weighted by Crippen LogP contribution is 2.07. The van der Waals surface area contributed by atoms with E-state index in [0.717, 1.165) is 0 Å². The summed E-state index contributed by atoms with van der Waals surface area (Å²) >= 11 is 0. The van der Waals surface area contributed by atoms with Crippen molar-refractivity contribution in [3.8, 4) is 0 Å². The average molecular weight is 340 g/mol. The van der Waals surface area contributed by atoms with Crippen molar-refractivity contribution in [3.05, 3.63) is 24.2 Å². The lowest BCUT2D eigenvalue weighted by atomic mass is 10.0. The first-order chi connectivity index (χ1) is 11.3. The molecule has 1 atom stereocenters. The van der Waals surface area contributed by atoms with Gasteiger partial charge in [0.05, 0.1) is 12.9 Å². The van der Waals surface area contributed by atoms with Gasteiger partial charge < -0.3 is 19.2 Å². The number of amides is 3. The van der Waals surface area contributed by atoms with E-state index in [0.29, 0.717) is 0 Å². The molecule has 3 amide bonds. The first-order valence-corrected chi connectivity index (χ1v) is 7.32. The summed E-state index contributed by atoms with van der Waals surface area (Å²) < 4.78 is 14.3. The van der Waals surface area contributed by atoms with Gasteiger partial charge in [-0.2, -0.15) is 0 Å². The van der Waals surface area contributed by atoms with Gasteiger partial charge in [0.25, 0.3) is 11.8 Å². The molecular formula is C15H20N2O7. The van der Waals surface area contributed by atoms with Crippen molar-refractivity contribution >= 4 is 23.9 Å². The lowest BCUT2D eigenvalue weighted by Crippen LogP contribution is -2.46. The fourth-order valence-electron chi connectivity index (χ4n) is 1.66. The minimum atomic E-state index is -0.974. The number of ether oxygens (including phenoxy) is 2. The van der Waals surface area contributed by atoms with Gasteiger partial charge >= 0.3 is 12.1 Å². The van der Waals surface area contributed by atoms with Crippen molar-refractivity contribution in [3.63, 3.8) is 0 Å². The molecular weight excluding hydrogens is 320 g/mol. The Kier molecular flexibility index (Phi) is 7.47. The third kappa shape index (κ3) is 6.11. The number of furan rings is 1. The molecule has 0 saturated heterocycles. The van der Waals surface area contributed by atoms with E-state index in [-0.39, 0.29) is 18.3 Å². The van der Waals surface area contributed by atoms with Crippen LogP contribution in [0.2, 0.25) is 0 Å². The molecule has 0 aliphatic rings. The Morgan fingerprint density at radius 2 is 1.92 bits per heavy atom. The molecule has 9 heteroatoms. The van der Waals surface area contributed by atoms with E-state index in [1.807, 2.05) is 5.32 Å². The maximum atomic E-state index is 12.0. The summed E-state index contributed by atoms with van der Waals surface area (Å²) in [5, 5.41) is 4.36. The largest absolute Gasteiger partial charge is 0.459 e. The Morgan fingerprint density at radius 1 is 1.21 bits per heavy atom. The molecule has 0 aliphatic carbocycles. The van der Waals surface area contributed by atoms with Crippen LogP contribution < -0.4 is 10.6 Å².